The summed E-state index contributed by atoms with van der Waals surface area (Å²) in [6, 6.07) is 11.0. The molecule has 1 aromatic rings. The van der Waals surface area contributed by atoms with Gasteiger partial charge in [-0.1, -0.05) is 30.3 Å². The van der Waals surface area contributed by atoms with Crippen molar-refractivity contribution in [2.75, 3.05) is 60.0 Å². The van der Waals surface area contributed by atoms with Gasteiger partial charge < -0.3 is 19.9 Å². The summed E-state index contributed by atoms with van der Waals surface area (Å²) < 4.78 is 5.49. The minimum atomic E-state index is 0.642. The molecule has 2 heterocycles. The van der Waals surface area contributed by atoms with Gasteiger partial charge in [0.05, 0.1) is 6.61 Å². The second kappa shape index (κ2) is 12.2. The third kappa shape index (κ3) is 7.63. The van der Waals surface area contributed by atoms with Crippen molar-refractivity contribution in [3.05, 3.63) is 35.9 Å². The number of benzene rings is 1. The van der Waals surface area contributed by atoms with Crippen LogP contribution in [0.2, 0.25) is 0 Å². The quantitative estimate of drug-likeness (QED) is 0.392. The average molecular weight is 401 g/mol. The Kier molecular flexibility index (Phi) is 9.29. The van der Waals surface area contributed by atoms with Crippen LogP contribution in [0.3, 0.4) is 0 Å². The lowest BCUT2D eigenvalue weighted by molar-refractivity contribution is 0.180. The number of ether oxygens (including phenoxy) is 1. The van der Waals surface area contributed by atoms with E-state index in [1.807, 2.05) is 7.05 Å². The third-order valence-electron chi connectivity index (χ3n) is 6.39. The molecule has 1 unspecified atom stereocenters. The lowest BCUT2D eigenvalue weighted by atomic mass is 9.90. The van der Waals surface area contributed by atoms with Crippen molar-refractivity contribution >= 4 is 5.96 Å². The van der Waals surface area contributed by atoms with Gasteiger partial charge in [0.1, 0.15) is 0 Å². The van der Waals surface area contributed by atoms with E-state index < -0.39 is 0 Å². The Hall–Kier alpha value is -1.59. The lowest BCUT2D eigenvalue weighted by Gasteiger charge is -2.32. The Labute approximate surface area is 177 Å². The molecule has 0 aromatic heterocycles. The fourth-order valence-electron chi connectivity index (χ4n) is 4.61. The highest BCUT2D eigenvalue weighted by molar-refractivity contribution is 5.79. The zero-order valence-electron chi connectivity index (χ0n) is 18.5. The third-order valence-corrected chi connectivity index (χ3v) is 6.39. The van der Waals surface area contributed by atoms with Crippen LogP contribution in [-0.4, -0.2) is 75.8 Å². The van der Waals surface area contributed by atoms with Crippen molar-refractivity contribution < 1.29 is 4.74 Å². The molecular formula is C24H40N4O. The Morgan fingerprint density at radius 1 is 1.14 bits per heavy atom. The van der Waals surface area contributed by atoms with Gasteiger partial charge in [-0.3, -0.25) is 4.99 Å². The maximum absolute atomic E-state index is 5.49. The van der Waals surface area contributed by atoms with Crippen LogP contribution in [0, 0.1) is 11.8 Å². The molecule has 0 amide bonds. The molecule has 0 bridgehead atoms. The topological polar surface area (TPSA) is 40.1 Å². The summed E-state index contributed by atoms with van der Waals surface area (Å²) in [4.78, 5) is 9.34. The lowest BCUT2D eigenvalue weighted by Crippen LogP contribution is -2.42. The molecule has 0 radical (unpaired) electrons. The molecule has 5 heteroatoms. The molecule has 2 saturated heterocycles. The maximum Gasteiger partial charge on any atom is 0.193 e. The number of rotatable bonds is 9. The summed E-state index contributed by atoms with van der Waals surface area (Å²) in [5.74, 6) is 2.52. The zero-order valence-corrected chi connectivity index (χ0v) is 18.5. The monoisotopic (exact) mass is 400 g/mol. The number of hydrogen-bond acceptors (Lipinski definition) is 3. The minimum absolute atomic E-state index is 0.642. The van der Waals surface area contributed by atoms with Crippen molar-refractivity contribution in [1.29, 1.82) is 0 Å². The molecule has 2 aliphatic rings. The Morgan fingerprint density at radius 3 is 2.62 bits per heavy atom. The van der Waals surface area contributed by atoms with Gasteiger partial charge in [-0.05, 0) is 69.6 Å². The van der Waals surface area contributed by atoms with E-state index in [1.165, 1.54) is 63.7 Å². The van der Waals surface area contributed by atoms with Gasteiger partial charge in [0.2, 0.25) is 0 Å². The Morgan fingerprint density at radius 2 is 1.93 bits per heavy atom. The highest BCUT2D eigenvalue weighted by Gasteiger charge is 2.20. The number of aliphatic imine (C=N–C) groups is 1. The molecule has 1 N–H and O–H groups in total. The SMILES string of the molecule is CN=C(NCCCCN1CCC(Cc2ccccc2)CC1)N(C)CC1CCOC1. The molecule has 1 aromatic carbocycles. The van der Waals surface area contributed by atoms with Gasteiger partial charge in [-0.25, -0.2) is 0 Å². The highest BCUT2D eigenvalue weighted by Crippen LogP contribution is 2.21. The first kappa shape index (κ1) is 22.1. The van der Waals surface area contributed by atoms with E-state index in [-0.39, 0.29) is 0 Å². The largest absolute Gasteiger partial charge is 0.381 e. The summed E-state index contributed by atoms with van der Waals surface area (Å²) >= 11 is 0. The highest BCUT2D eigenvalue weighted by atomic mass is 16.5. The van der Waals surface area contributed by atoms with E-state index in [4.69, 9.17) is 4.74 Å². The molecule has 2 aliphatic heterocycles. The second-order valence-electron chi connectivity index (χ2n) is 8.77. The van der Waals surface area contributed by atoms with Gasteiger partial charge >= 0.3 is 0 Å². The van der Waals surface area contributed by atoms with Crippen LogP contribution in [0.25, 0.3) is 0 Å². The first-order chi connectivity index (χ1) is 14.2. The van der Waals surface area contributed by atoms with E-state index in [9.17, 15) is 0 Å². The molecular weight excluding hydrogens is 360 g/mol. The van der Waals surface area contributed by atoms with Gasteiger partial charge in [0, 0.05) is 39.7 Å². The van der Waals surface area contributed by atoms with Crippen molar-refractivity contribution in [3.8, 4) is 0 Å². The average Bonchev–Trinajstić information content (AvgIpc) is 3.25. The van der Waals surface area contributed by atoms with Gasteiger partial charge in [0.15, 0.2) is 5.96 Å². The molecule has 0 spiro atoms. The number of hydrogen-bond donors (Lipinski definition) is 1. The van der Waals surface area contributed by atoms with Crippen LogP contribution >= 0.6 is 0 Å². The van der Waals surface area contributed by atoms with Crippen LogP contribution in [0.4, 0.5) is 0 Å². The summed E-state index contributed by atoms with van der Waals surface area (Å²) in [6.07, 6.45) is 7.56. The van der Waals surface area contributed by atoms with Crippen LogP contribution in [0.1, 0.15) is 37.7 Å². The van der Waals surface area contributed by atoms with Gasteiger partial charge in [-0.15, -0.1) is 0 Å². The number of unbranched alkanes of at least 4 members (excludes halogenated alkanes) is 1. The van der Waals surface area contributed by atoms with E-state index >= 15 is 0 Å². The number of piperidine rings is 1. The van der Waals surface area contributed by atoms with E-state index in [0.29, 0.717) is 5.92 Å². The molecule has 3 rings (SSSR count). The molecule has 29 heavy (non-hydrogen) atoms. The fourth-order valence-corrected chi connectivity index (χ4v) is 4.61. The first-order valence-corrected chi connectivity index (χ1v) is 11.5. The predicted octanol–water partition coefficient (Wildman–Crippen LogP) is 3.27. The normalized spacial score (nSPS) is 21.4. The number of nitrogens with zero attached hydrogens (tertiary/aromatic N) is 3. The summed E-state index contributed by atoms with van der Waals surface area (Å²) in [7, 11) is 4.01. The smallest absolute Gasteiger partial charge is 0.193 e. The van der Waals surface area contributed by atoms with Crippen LogP contribution < -0.4 is 5.32 Å². The predicted molar refractivity (Wildman–Crippen MR) is 121 cm³/mol. The van der Waals surface area contributed by atoms with Gasteiger partial charge in [0.25, 0.3) is 0 Å². The van der Waals surface area contributed by atoms with Crippen molar-refractivity contribution in [1.82, 2.24) is 15.1 Å². The molecule has 162 valence electrons. The van der Waals surface area contributed by atoms with Crippen LogP contribution in [0.5, 0.6) is 0 Å². The van der Waals surface area contributed by atoms with E-state index in [2.05, 4.69) is 57.5 Å². The van der Waals surface area contributed by atoms with Crippen molar-refractivity contribution in [2.45, 2.75) is 38.5 Å². The van der Waals surface area contributed by atoms with Gasteiger partial charge in [-0.2, -0.15) is 0 Å². The standard InChI is InChI=1S/C24H40N4O/c1-25-24(27(2)19-23-12-17-29-20-23)26-13-6-7-14-28-15-10-22(11-16-28)18-21-8-4-3-5-9-21/h3-5,8-9,22-23H,6-7,10-20H2,1-2H3,(H,25,26). The van der Waals surface area contributed by atoms with Crippen LogP contribution in [-0.2, 0) is 11.2 Å². The van der Waals surface area contributed by atoms with E-state index in [1.54, 1.807) is 0 Å². The van der Waals surface area contributed by atoms with Crippen molar-refractivity contribution in [3.63, 3.8) is 0 Å². The first-order valence-electron chi connectivity index (χ1n) is 11.5. The zero-order chi connectivity index (χ0) is 20.3. The Balaban J connectivity index is 1.24. The molecule has 0 aliphatic carbocycles. The summed E-state index contributed by atoms with van der Waals surface area (Å²) in [6.45, 7) is 7.59. The van der Waals surface area contributed by atoms with Crippen molar-refractivity contribution in [2.24, 2.45) is 16.8 Å². The molecule has 2 fully saturated rings. The maximum atomic E-state index is 5.49. The minimum Gasteiger partial charge on any atom is -0.381 e. The second-order valence-corrected chi connectivity index (χ2v) is 8.77. The number of nitrogens with one attached hydrogen (secondary N) is 1. The summed E-state index contributed by atoms with van der Waals surface area (Å²) in [5, 5.41) is 3.53. The van der Waals surface area contributed by atoms with E-state index in [0.717, 1.165) is 38.2 Å². The molecule has 0 saturated carbocycles. The number of likely N-dealkylation sites (tertiary alicyclic amines) is 1. The Bertz CT molecular complexity index is 592. The summed E-state index contributed by atoms with van der Waals surface area (Å²) in [5.41, 5.74) is 1.50. The molecule has 5 nitrogen and oxygen atoms in total. The number of guanidine groups is 1. The van der Waals surface area contributed by atoms with Crippen LogP contribution in [0.15, 0.2) is 35.3 Å². The fraction of sp³-hybridized carbons (Fsp3) is 0.708. The molecule has 1 atom stereocenters.